The highest BCUT2D eigenvalue weighted by Gasteiger charge is 2.12. The highest BCUT2D eigenvalue weighted by atomic mass is 16.5. The van der Waals surface area contributed by atoms with Crippen LogP contribution < -0.4 is 15.8 Å². The third-order valence-corrected chi connectivity index (χ3v) is 2.98. The number of nitrogen functional groups attached to an aromatic ring is 1. The zero-order valence-corrected chi connectivity index (χ0v) is 11.7. The second-order valence-electron chi connectivity index (χ2n) is 4.39. The number of benzene rings is 1. The molecule has 2 aromatic rings. The van der Waals surface area contributed by atoms with Gasteiger partial charge in [-0.1, -0.05) is 0 Å². The number of carbonyl (C=O) groups excluding carboxylic acids is 1. The van der Waals surface area contributed by atoms with E-state index in [0.29, 0.717) is 22.9 Å². The summed E-state index contributed by atoms with van der Waals surface area (Å²) in [5, 5.41) is 2.72. The summed E-state index contributed by atoms with van der Waals surface area (Å²) in [6.45, 7) is 3.89. The zero-order valence-electron chi connectivity index (χ0n) is 11.7. The zero-order chi connectivity index (χ0) is 14.7. The van der Waals surface area contributed by atoms with Gasteiger partial charge in [-0.15, -0.1) is 0 Å². The summed E-state index contributed by atoms with van der Waals surface area (Å²) in [7, 11) is 1.53. The van der Waals surface area contributed by atoms with Crippen molar-refractivity contribution in [3.63, 3.8) is 0 Å². The molecule has 20 heavy (non-hydrogen) atoms. The van der Waals surface area contributed by atoms with Crippen molar-refractivity contribution in [2.45, 2.75) is 20.4 Å². The monoisotopic (exact) mass is 275 g/mol. The average molecular weight is 275 g/mol. The van der Waals surface area contributed by atoms with Crippen LogP contribution in [-0.4, -0.2) is 18.0 Å². The number of methoxy groups -OCH3 is 1. The van der Waals surface area contributed by atoms with Crippen LogP contribution in [0.5, 0.6) is 5.75 Å². The van der Waals surface area contributed by atoms with E-state index >= 15 is 0 Å². The molecule has 0 bridgehead atoms. The van der Waals surface area contributed by atoms with Crippen molar-refractivity contribution in [1.82, 2.24) is 10.3 Å². The van der Waals surface area contributed by atoms with Crippen LogP contribution in [0.4, 0.5) is 5.69 Å². The molecule has 6 nitrogen and oxygen atoms in total. The Morgan fingerprint density at radius 2 is 2.20 bits per heavy atom. The molecule has 0 atom stereocenters. The summed E-state index contributed by atoms with van der Waals surface area (Å²) in [4.78, 5) is 16.3. The lowest BCUT2D eigenvalue weighted by atomic mass is 10.1. The number of hydrogen-bond acceptors (Lipinski definition) is 5. The third-order valence-electron chi connectivity index (χ3n) is 2.98. The number of nitrogens with one attached hydrogen (secondary N) is 1. The molecule has 0 aliphatic rings. The fourth-order valence-electron chi connectivity index (χ4n) is 1.72. The topological polar surface area (TPSA) is 90.4 Å². The molecule has 6 heteroatoms. The van der Waals surface area contributed by atoms with E-state index in [1.54, 1.807) is 18.2 Å². The highest BCUT2D eigenvalue weighted by molar-refractivity contribution is 5.99. The number of aryl methyl sites for hydroxylation is 2. The van der Waals surface area contributed by atoms with E-state index in [0.717, 1.165) is 11.5 Å². The molecule has 0 radical (unpaired) electrons. The van der Waals surface area contributed by atoms with Crippen molar-refractivity contribution in [3.05, 3.63) is 41.1 Å². The molecule has 0 saturated heterocycles. The lowest BCUT2D eigenvalue weighted by Crippen LogP contribution is -2.24. The number of hydrogen-bond donors (Lipinski definition) is 2. The summed E-state index contributed by atoms with van der Waals surface area (Å²) in [6, 6.07) is 4.93. The van der Waals surface area contributed by atoms with Gasteiger partial charge in [0.15, 0.2) is 0 Å². The second kappa shape index (κ2) is 5.64. The number of ether oxygens (including phenoxy) is 1. The Labute approximate surface area is 116 Å². The van der Waals surface area contributed by atoms with Crippen LogP contribution in [0.3, 0.4) is 0 Å². The van der Waals surface area contributed by atoms with Gasteiger partial charge in [0.25, 0.3) is 5.91 Å². The van der Waals surface area contributed by atoms with E-state index < -0.39 is 0 Å². The van der Waals surface area contributed by atoms with Crippen molar-refractivity contribution < 1.29 is 13.9 Å². The molecular formula is C14H17N3O3. The summed E-state index contributed by atoms with van der Waals surface area (Å²) in [5.74, 6) is 1.49. The first kappa shape index (κ1) is 13.9. The van der Waals surface area contributed by atoms with Gasteiger partial charge < -0.3 is 20.2 Å². The number of rotatable bonds is 4. The first-order valence-corrected chi connectivity index (χ1v) is 6.16. The normalized spacial score (nSPS) is 10.3. The molecule has 3 N–H and O–H groups in total. The van der Waals surface area contributed by atoms with Crippen molar-refractivity contribution in [2.24, 2.45) is 0 Å². The molecule has 1 aromatic carbocycles. The van der Waals surface area contributed by atoms with Gasteiger partial charge in [0.05, 0.1) is 24.9 Å². The number of aromatic nitrogens is 1. The highest BCUT2D eigenvalue weighted by Crippen LogP contribution is 2.19. The summed E-state index contributed by atoms with van der Waals surface area (Å²) in [5.41, 5.74) is 7.36. The molecule has 106 valence electrons. The van der Waals surface area contributed by atoms with Crippen LogP contribution in [0.25, 0.3) is 0 Å². The Hall–Kier alpha value is -2.50. The largest absolute Gasteiger partial charge is 0.497 e. The van der Waals surface area contributed by atoms with Crippen molar-refractivity contribution in [2.75, 3.05) is 12.8 Å². The van der Waals surface area contributed by atoms with Crippen LogP contribution in [0.2, 0.25) is 0 Å². The Bertz CT molecular complexity index is 615. The van der Waals surface area contributed by atoms with Gasteiger partial charge in [0.2, 0.25) is 5.89 Å². The van der Waals surface area contributed by atoms with Gasteiger partial charge in [0, 0.05) is 5.69 Å². The lowest BCUT2D eigenvalue weighted by molar-refractivity contribution is 0.0947. The first-order valence-electron chi connectivity index (χ1n) is 6.16. The Balaban J connectivity index is 2.08. The maximum Gasteiger partial charge on any atom is 0.253 e. The van der Waals surface area contributed by atoms with Crippen LogP contribution in [0.15, 0.2) is 22.6 Å². The number of carbonyl (C=O) groups is 1. The molecule has 0 unspecified atom stereocenters. The molecule has 0 aliphatic heterocycles. The maximum atomic E-state index is 12.1. The number of amides is 1. The van der Waals surface area contributed by atoms with Crippen LogP contribution in [-0.2, 0) is 6.54 Å². The number of anilines is 1. The van der Waals surface area contributed by atoms with Gasteiger partial charge in [-0.05, 0) is 32.0 Å². The quantitative estimate of drug-likeness (QED) is 0.830. The second-order valence-corrected chi connectivity index (χ2v) is 4.39. The van der Waals surface area contributed by atoms with Crippen molar-refractivity contribution in [3.8, 4) is 5.75 Å². The lowest BCUT2D eigenvalue weighted by Gasteiger charge is -2.08. The molecule has 0 fully saturated rings. The fraction of sp³-hybridized carbons (Fsp3) is 0.286. The molecule has 0 aliphatic carbocycles. The predicted octanol–water partition coefficient (Wildman–Crippen LogP) is 1.81. The minimum atomic E-state index is -0.296. The molecule has 1 aromatic heterocycles. The Morgan fingerprint density at radius 1 is 1.45 bits per heavy atom. The Kier molecular flexibility index (Phi) is 3.93. The average Bonchev–Trinajstić information content (AvgIpc) is 2.76. The standard InChI is InChI=1S/C14H17N3O3/c1-8-9(2)20-13(17-8)7-16-14(18)11-6-10(19-3)4-5-12(11)15/h4-6H,7,15H2,1-3H3,(H,16,18). The van der Waals surface area contributed by atoms with Crippen molar-refractivity contribution in [1.29, 1.82) is 0 Å². The van der Waals surface area contributed by atoms with Gasteiger partial charge in [-0.3, -0.25) is 4.79 Å². The van der Waals surface area contributed by atoms with Crippen LogP contribution >= 0.6 is 0 Å². The van der Waals surface area contributed by atoms with E-state index in [9.17, 15) is 4.79 Å². The van der Waals surface area contributed by atoms with Gasteiger partial charge in [-0.25, -0.2) is 4.98 Å². The van der Waals surface area contributed by atoms with Crippen LogP contribution in [0.1, 0.15) is 27.7 Å². The Morgan fingerprint density at radius 3 is 2.80 bits per heavy atom. The third kappa shape index (κ3) is 2.90. The molecule has 1 heterocycles. The van der Waals surface area contributed by atoms with Crippen molar-refractivity contribution >= 4 is 11.6 Å². The van der Waals surface area contributed by atoms with E-state index in [1.807, 2.05) is 13.8 Å². The van der Waals surface area contributed by atoms with Gasteiger partial charge in [0.1, 0.15) is 11.5 Å². The van der Waals surface area contributed by atoms with E-state index in [-0.39, 0.29) is 12.5 Å². The van der Waals surface area contributed by atoms with E-state index in [4.69, 9.17) is 14.9 Å². The molecule has 2 rings (SSSR count). The number of nitrogens with zero attached hydrogens (tertiary/aromatic N) is 1. The van der Waals surface area contributed by atoms with E-state index in [2.05, 4.69) is 10.3 Å². The van der Waals surface area contributed by atoms with Gasteiger partial charge >= 0.3 is 0 Å². The molecule has 1 amide bonds. The van der Waals surface area contributed by atoms with Crippen LogP contribution in [0, 0.1) is 13.8 Å². The number of oxazole rings is 1. The van der Waals surface area contributed by atoms with E-state index in [1.165, 1.54) is 7.11 Å². The predicted molar refractivity (Wildman–Crippen MR) is 74.6 cm³/mol. The minimum absolute atomic E-state index is 0.212. The summed E-state index contributed by atoms with van der Waals surface area (Å²) < 4.78 is 10.5. The molecule has 0 spiro atoms. The fourth-order valence-corrected chi connectivity index (χ4v) is 1.72. The maximum absolute atomic E-state index is 12.1. The molecule has 0 saturated carbocycles. The minimum Gasteiger partial charge on any atom is -0.497 e. The van der Waals surface area contributed by atoms with Gasteiger partial charge in [-0.2, -0.15) is 0 Å². The number of nitrogens with two attached hydrogens (primary N) is 1. The first-order chi connectivity index (χ1) is 9.51. The summed E-state index contributed by atoms with van der Waals surface area (Å²) >= 11 is 0. The SMILES string of the molecule is COc1ccc(N)c(C(=O)NCc2nc(C)c(C)o2)c1. The molecular weight excluding hydrogens is 258 g/mol. The summed E-state index contributed by atoms with van der Waals surface area (Å²) in [6.07, 6.45) is 0. The smallest absolute Gasteiger partial charge is 0.253 e.